The molecule has 3 saturated carbocycles. The van der Waals surface area contributed by atoms with E-state index in [1.54, 1.807) is 6.42 Å². The van der Waals surface area contributed by atoms with Crippen molar-refractivity contribution in [2.75, 3.05) is 0 Å². The van der Waals surface area contributed by atoms with Crippen molar-refractivity contribution >= 4 is 0 Å². The Bertz CT molecular complexity index is 196. The summed E-state index contributed by atoms with van der Waals surface area (Å²) in [6.07, 6.45) is 10.6. The lowest BCUT2D eigenvalue weighted by molar-refractivity contribution is 0.0730. The standard InChI is InChI=1S/C15H28/c1-4-11(2)13-6-5-7-14-10-15(9-8-13)12(14)3/h11-15H,4-10H2,1-3H3. The summed E-state index contributed by atoms with van der Waals surface area (Å²) in [7, 11) is 0. The highest BCUT2D eigenvalue weighted by Crippen LogP contribution is 2.48. The largest absolute Gasteiger partial charge is 0.0651 e. The molecule has 3 fully saturated rings. The summed E-state index contributed by atoms with van der Waals surface area (Å²) in [5, 5.41) is 0. The van der Waals surface area contributed by atoms with Crippen molar-refractivity contribution in [2.45, 2.75) is 65.7 Å². The molecule has 0 heterocycles. The van der Waals surface area contributed by atoms with E-state index in [9.17, 15) is 0 Å². The fourth-order valence-electron chi connectivity index (χ4n) is 3.89. The van der Waals surface area contributed by atoms with Gasteiger partial charge in [0.15, 0.2) is 0 Å². The summed E-state index contributed by atoms with van der Waals surface area (Å²) in [6.45, 7) is 7.33. The van der Waals surface area contributed by atoms with E-state index in [1.165, 1.54) is 38.5 Å². The predicted octanol–water partition coefficient (Wildman–Crippen LogP) is 4.89. The quantitative estimate of drug-likeness (QED) is 0.606. The Morgan fingerprint density at radius 1 is 1.07 bits per heavy atom. The fourth-order valence-corrected chi connectivity index (χ4v) is 3.89. The molecular weight excluding hydrogens is 180 g/mol. The van der Waals surface area contributed by atoms with Crippen LogP contribution in [0.2, 0.25) is 0 Å². The Labute approximate surface area is 95.8 Å². The van der Waals surface area contributed by atoms with Gasteiger partial charge in [-0.15, -0.1) is 0 Å². The Balaban J connectivity index is 1.90. The zero-order valence-electron chi connectivity index (χ0n) is 10.8. The Kier molecular flexibility index (Phi) is 3.74. The fraction of sp³-hybridized carbons (Fsp3) is 1.00. The molecule has 0 aromatic rings. The van der Waals surface area contributed by atoms with Crippen molar-refractivity contribution in [1.82, 2.24) is 0 Å². The van der Waals surface area contributed by atoms with Gasteiger partial charge in [0.2, 0.25) is 0 Å². The van der Waals surface area contributed by atoms with Crippen LogP contribution in [0.25, 0.3) is 0 Å². The van der Waals surface area contributed by atoms with E-state index >= 15 is 0 Å². The average molecular weight is 208 g/mol. The molecule has 88 valence electrons. The molecular formula is C15H28. The van der Waals surface area contributed by atoms with Crippen LogP contribution in [0.4, 0.5) is 0 Å². The van der Waals surface area contributed by atoms with Gasteiger partial charge < -0.3 is 0 Å². The molecule has 3 aliphatic carbocycles. The number of fused-ring (bicyclic) bond motifs is 5. The summed E-state index contributed by atoms with van der Waals surface area (Å²) >= 11 is 0. The summed E-state index contributed by atoms with van der Waals surface area (Å²) in [6, 6.07) is 0. The zero-order valence-corrected chi connectivity index (χ0v) is 10.8. The molecule has 0 amide bonds. The third-order valence-corrected chi connectivity index (χ3v) is 5.60. The maximum absolute atomic E-state index is 2.50. The van der Waals surface area contributed by atoms with Crippen LogP contribution < -0.4 is 0 Å². The lowest BCUT2D eigenvalue weighted by Crippen LogP contribution is -2.34. The first-order valence-electron chi connectivity index (χ1n) is 7.22. The molecule has 0 aromatic heterocycles. The lowest BCUT2D eigenvalue weighted by atomic mass is 9.63. The van der Waals surface area contributed by atoms with Crippen LogP contribution in [0.3, 0.4) is 0 Å². The minimum absolute atomic E-state index is 0.968. The molecule has 5 unspecified atom stereocenters. The van der Waals surface area contributed by atoms with Gasteiger partial charge in [-0.05, 0) is 48.9 Å². The molecule has 0 aromatic carbocycles. The molecule has 0 saturated heterocycles. The molecule has 0 spiro atoms. The molecule has 5 atom stereocenters. The second kappa shape index (κ2) is 4.89. The van der Waals surface area contributed by atoms with Crippen LogP contribution in [0.5, 0.6) is 0 Å². The molecule has 0 radical (unpaired) electrons. The van der Waals surface area contributed by atoms with E-state index in [2.05, 4.69) is 20.8 Å². The van der Waals surface area contributed by atoms with Crippen LogP contribution in [0.15, 0.2) is 0 Å². The maximum Gasteiger partial charge on any atom is -0.0383 e. The normalized spacial score (nSPS) is 43.4. The highest BCUT2D eigenvalue weighted by atomic mass is 14.4. The molecule has 0 N–H and O–H groups in total. The van der Waals surface area contributed by atoms with E-state index < -0.39 is 0 Å². The first kappa shape index (κ1) is 11.5. The Morgan fingerprint density at radius 2 is 1.80 bits per heavy atom. The minimum Gasteiger partial charge on any atom is -0.0651 e. The third kappa shape index (κ3) is 2.40. The Hall–Kier alpha value is 0. The van der Waals surface area contributed by atoms with Gasteiger partial charge in [0, 0.05) is 0 Å². The smallest absolute Gasteiger partial charge is 0.0383 e. The van der Waals surface area contributed by atoms with Gasteiger partial charge in [-0.3, -0.25) is 0 Å². The van der Waals surface area contributed by atoms with Gasteiger partial charge in [-0.1, -0.05) is 46.5 Å². The molecule has 0 nitrogen and oxygen atoms in total. The van der Waals surface area contributed by atoms with E-state index in [1.807, 2.05) is 0 Å². The van der Waals surface area contributed by atoms with Crippen molar-refractivity contribution in [2.24, 2.45) is 29.6 Å². The zero-order chi connectivity index (χ0) is 10.8. The van der Waals surface area contributed by atoms with E-state index in [0.29, 0.717) is 0 Å². The minimum atomic E-state index is 0.968. The van der Waals surface area contributed by atoms with E-state index in [4.69, 9.17) is 0 Å². The monoisotopic (exact) mass is 208 g/mol. The van der Waals surface area contributed by atoms with Gasteiger partial charge >= 0.3 is 0 Å². The molecule has 3 aliphatic rings. The number of hydrogen-bond donors (Lipinski definition) is 0. The van der Waals surface area contributed by atoms with Crippen LogP contribution in [-0.4, -0.2) is 0 Å². The van der Waals surface area contributed by atoms with Gasteiger partial charge in [-0.25, -0.2) is 0 Å². The van der Waals surface area contributed by atoms with Gasteiger partial charge in [0.25, 0.3) is 0 Å². The summed E-state index contributed by atoms with van der Waals surface area (Å²) in [5.74, 6) is 5.27. The molecule has 0 heteroatoms. The van der Waals surface area contributed by atoms with Crippen LogP contribution in [0, 0.1) is 29.6 Å². The lowest BCUT2D eigenvalue weighted by Gasteiger charge is -2.43. The first-order chi connectivity index (χ1) is 7.22. The van der Waals surface area contributed by atoms with Crippen molar-refractivity contribution < 1.29 is 0 Å². The van der Waals surface area contributed by atoms with E-state index in [-0.39, 0.29) is 0 Å². The van der Waals surface area contributed by atoms with Crippen molar-refractivity contribution in [3.63, 3.8) is 0 Å². The highest BCUT2D eigenvalue weighted by Gasteiger charge is 2.38. The maximum atomic E-state index is 2.50. The Morgan fingerprint density at radius 3 is 2.47 bits per heavy atom. The third-order valence-electron chi connectivity index (χ3n) is 5.60. The highest BCUT2D eigenvalue weighted by molar-refractivity contribution is 4.88. The molecule has 3 rings (SSSR count). The topological polar surface area (TPSA) is 0 Å². The molecule has 0 aliphatic heterocycles. The number of rotatable bonds is 2. The van der Waals surface area contributed by atoms with Gasteiger partial charge in [0.05, 0.1) is 0 Å². The van der Waals surface area contributed by atoms with Crippen LogP contribution in [0.1, 0.15) is 65.7 Å². The number of hydrogen-bond acceptors (Lipinski definition) is 0. The molecule has 15 heavy (non-hydrogen) atoms. The van der Waals surface area contributed by atoms with Gasteiger partial charge in [0.1, 0.15) is 0 Å². The SMILES string of the molecule is CCC(C)C1CCCC2CC(CC1)C2C. The van der Waals surface area contributed by atoms with E-state index in [0.717, 1.165) is 29.6 Å². The average Bonchev–Trinajstić information content (AvgIpc) is 2.41. The van der Waals surface area contributed by atoms with Gasteiger partial charge in [-0.2, -0.15) is 0 Å². The first-order valence-corrected chi connectivity index (χ1v) is 7.22. The summed E-state index contributed by atoms with van der Waals surface area (Å²) < 4.78 is 0. The second-order valence-corrected chi connectivity index (χ2v) is 6.27. The van der Waals surface area contributed by atoms with Crippen molar-refractivity contribution in [3.05, 3.63) is 0 Å². The summed E-state index contributed by atoms with van der Waals surface area (Å²) in [4.78, 5) is 0. The second-order valence-electron chi connectivity index (χ2n) is 6.27. The van der Waals surface area contributed by atoms with Crippen molar-refractivity contribution in [3.8, 4) is 0 Å². The summed E-state index contributed by atoms with van der Waals surface area (Å²) in [5.41, 5.74) is 0. The predicted molar refractivity (Wildman–Crippen MR) is 66.8 cm³/mol. The molecule has 2 bridgehead atoms. The van der Waals surface area contributed by atoms with Crippen molar-refractivity contribution in [1.29, 1.82) is 0 Å². The van der Waals surface area contributed by atoms with Crippen LogP contribution in [-0.2, 0) is 0 Å². The van der Waals surface area contributed by atoms with Crippen LogP contribution >= 0.6 is 0 Å².